The predicted molar refractivity (Wildman–Crippen MR) is 80.9 cm³/mol. The molecule has 0 saturated carbocycles. The third-order valence-corrected chi connectivity index (χ3v) is 3.22. The van der Waals surface area contributed by atoms with Crippen molar-refractivity contribution in [3.8, 4) is 11.5 Å². The SMILES string of the molecule is CC(N)c1cccc(Oc2cccc3ncccc23)c1. The summed E-state index contributed by atoms with van der Waals surface area (Å²) in [4.78, 5) is 4.33. The van der Waals surface area contributed by atoms with E-state index in [1.54, 1.807) is 6.20 Å². The van der Waals surface area contributed by atoms with Gasteiger partial charge in [-0.05, 0) is 48.9 Å². The molecule has 0 aliphatic heterocycles. The Morgan fingerprint density at radius 1 is 1.05 bits per heavy atom. The molecule has 3 aromatic rings. The van der Waals surface area contributed by atoms with Crippen molar-refractivity contribution >= 4 is 10.9 Å². The lowest BCUT2D eigenvalue weighted by atomic mass is 10.1. The van der Waals surface area contributed by atoms with Crippen LogP contribution in [0.5, 0.6) is 11.5 Å². The van der Waals surface area contributed by atoms with E-state index in [0.717, 1.165) is 28.0 Å². The highest BCUT2D eigenvalue weighted by Crippen LogP contribution is 2.29. The largest absolute Gasteiger partial charge is 0.457 e. The molecule has 1 heterocycles. The maximum atomic E-state index is 5.99. The van der Waals surface area contributed by atoms with Crippen LogP contribution in [0, 0.1) is 0 Å². The smallest absolute Gasteiger partial charge is 0.136 e. The fourth-order valence-electron chi connectivity index (χ4n) is 2.15. The molecule has 0 amide bonds. The Morgan fingerprint density at radius 2 is 1.90 bits per heavy atom. The summed E-state index contributed by atoms with van der Waals surface area (Å²) in [5.41, 5.74) is 7.88. The maximum absolute atomic E-state index is 5.99. The van der Waals surface area contributed by atoms with E-state index < -0.39 is 0 Å². The molecule has 3 nitrogen and oxygen atoms in total. The molecule has 0 saturated heterocycles. The summed E-state index contributed by atoms with van der Waals surface area (Å²) in [7, 11) is 0. The molecule has 1 unspecified atom stereocenters. The highest BCUT2D eigenvalue weighted by molar-refractivity contribution is 5.85. The molecule has 2 aromatic carbocycles. The second kappa shape index (κ2) is 5.31. The standard InChI is InChI=1S/C17H16N2O/c1-12(18)13-5-2-6-14(11-13)20-17-9-3-8-16-15(17)7-4-10-19-16/h2-12H,18H2,1H3. The first-order chi connectivity index (χ1) is 9.74. The van der Waals surface area contributed by atoms with Crippen molar-refractivity contribution in [3.05, 3.63) is 66.4 Å². The van der Waals surface area contributed by atoms with E-state index in [4.69, 9.17) is 10.5 Å². The van der Waals surface area contributed by atoms with Gasteiger partial charge in [-0.15, -0.1) is 0 Å². The Labute approximate surface area is 118 Å². The van der Waals surface area contributed by atoms with Gasteiger partial charge in [-0.3, -0.25) is 4.98 Å². The van der Waals surface area contributed by atoms with Crippen LogP contribution in [0.25, 0.3) is 10.9 Å². The van der Waals surface area contributed by atoms with Gasteiger partial charge in [0, 0.05) is 17.6 Å². The number of nitrogens with zero attached hydrogens (tertiary/aromatic N) is 1. The van der Waals surface area contributed by atoms with Gasteiger partial charge in [-0.1, -0.05) is 18.2 Å². The molecule has 0 radical (unpaired) electrons. The molecule has 20 heavy (non-hydrogen) atoms. The van der Waals surface area contributed by atoms with Crippen molar-refractivity contribution in [2.75, 3.05) is 0 Å². The van der Waals surface area contributed by atoms with Crippen molar-refractivity contribution in [2.45, 2.75) is 13.0 Å². The molecule has 0 fully saturated rings. The highest BCUT2D eigenvalue weighted by Gasteiger charge is 2.05. The summed E-state index contributed by atoms with van der Waals surface area (Å²) in [5, 5.41) is 1.00. The number of aromatic nitrogens is 1. The Kier molecular flexibility index (Phi) is 3.35. The molecule has 0 aliphatic rings. The van der Waals surface area contributed by atoms with Gasteiger partial charge in [-0.2, -0.15) is 0 Å². The zero-order valence-corrected chi connectivity index (χ0v) is 11.3. The topological polar surface area (TPSA) is 48.1 Å². The molecule has 0 spiro atoms. The summed E-state index contributed by atoms with van der Waals surface area (Å²) >= 11 is 0. The van der Waals surface area contributed by atoms with E-state index in [2.05, 4.69) is 4.98 Å². The molecular weight excluding hydrogens is 248 g/mol. The number of pyridine rings is 1. The average Bonchev–Trinajstić information content (AvgIpc) is 2.48. The first kappa shape index (κ1) is 12.6. The van der Waals surface area contributed by atoms with Gasteiger partial charge >= 0.3 is 0 Å². The number of ether oxygens (including phenoxy) is 1. The fourth-order valence-corrected chi connectivity index (χ4v) is 2.15. The van der Waals surface area contributed by atoms with Gasteiger partial charge in [0.1, 0.15) is 11.5 Å². The lowest BCUT2D eigenvalue weighted by molar-refractivity contribution is 0.487. The molecule has 3 heteroatoms. The van der Waals surface area contributed by atoms with Gasteiger partial charge in [0.15, 0.2) is 0 Å². The van der Waals surface area contributed by atoms with E-state index in [1.807, 2.05) is 61.5 Å². The third-order valence-electron chi connectivity index (χ3n) is 3.22. The van der Waals surface area contributed by atoms with Crippen LogP contribution in [-0.4, -0.2) is 4.98 Å². The van der Waals surface area contributed by atoms with Crippen LogP contribution in [0.2, 0.25) is 0 Å². The lowest BCUT2D eigenvalue weighted by Gasteiger charge is -2.11. The third kappa shape index (κ3) is 2.49. The average molecular weight is 264 g/mol. The Morgan fingerprint density at radius 3 is 2.75 bits per heavy atom. The van der Waals surface area contributed by atoms with Crippen LogP contribution in [0.1, 0.15) is 18.5 Å². The van der Waals surface area contributed by atoms with Crippen molar-refractivity contribution in [1.82, 2.24) is 4.98 Å². The number of hydrogen-bond donors (Lipinski definition) is 1. The van der Waals surface area contributed by atoms with E-state index in [9.17, 15) is 0 Å². The fraction of sp³-hybridized carbons (Fsp3) is 0.118. The highest BCUT2D eigenvalue weighted by atomic mass is 16.5. The summed E-state index contributed by atoms with van der Waals surface area (Å²) in [6.45, 7) is 1.96. The summed E-state index contributed by atoms with van der Waals surface area (Å²) in [6, 6.07) is 17.6. The number of rotatable bonds is 3. The molecule has 0 bridgehead atoms. The van der Waals surface area contributed by atoms with E-state index >= 15 is 0 Å². The summed E-state index contributed by atoms with van der Waals surface area (Å²) < 4.78 is 5.99. The first-order valence-electron chi connectivity index (χ1n) is 6.61. The van der Waals surface area contributed by atoms with Crippen molar-refractivity contribution in [2.24, 2.45) is 5.73 Å². The monoisotopic (exact) mass is 264 g/mol. The minimum atomic E-state index is -0.00673. The minimum absolute atomic E-state index is 0.00673. The summed E-state index contributed by atoms with van der Waals surface area (Å²) in [5.74, 6) is 1.59. The second-order valence-corrected chi connectivity index (χ2v) is 4.79. The first-order valence-corrected chi connectivity index (χ1v) is 6.61. The quantitative estimate of drug-likeness (QED) is 0.776. The van der Waals surface area contributed by atoms with Gasteiger partial charge in [0.25, 0.3) is 0 Å². The van der Waals surface area contributed by atoms with Crippen LogP contribution < -0.4 is 10.5 Å². The van der Waals surface area contributed by atoms with Crippen molar-refractivity contribution in [1.29, 1.82) is 0 Å². The van der Waals surface area contributed by atoms with Crippen LogP contribution in [-0.2, 0) is 0 Å². The van der Waals surface area contributed by atoms with E-state index in [-0.39, 0.29) is 6.04 Å². The molecule has 2 N–H and O–H groups in total. The number of benzene rings is 2. The number of hydrogen-bond acceptors (Lipinski definition) is 3. The van der Waals surface area contributed by atoms with Gasteiger partial charge < -0.3 is 10.5 Å². The van der Waals surface area contributed by atoms with Gasteiger partial charge in [-0.25, -0.2) is 0 Å². The van der Waals surface area contributed by atoms with E-state index in [1.165, 1.54) is 0 Å². The predicted octanol–water partition coefficient (Wildman–Crippen LogP) is 4.05. The molecule has 100 valence electrons. The van der Waals surface area contributed by atoms with Crippen LogP contribution in [0.15, 0.2) is 60.8 Å². The molecule has 1 aromatic heterocycles. The zero-order chi connectivity index (χ0) is 13.9. The second-order valence-electron chi connectivity index (χ2n) is 4.79. The molecule has 0 aliphatic carbocycles. The Bertz CT molecular complexity index is 732. The molecular formula is C17H16N2O. The zero-order valence-electron chi connectivity index (χ0n) is 11.3. The normalized spacial score (nSPS) is 12.3. The Hall–Kier alpha value is -2.39. The van der Waals surface area contributed by atoms with Gasteiger partial charge in [0.2, 0.25) is 0 Å². The van der Waals surface area contributed by atoms with Crippen LogP contribution >= 0.6 is 0 Å². The lowest BCUT2D eigenvalue weighted by Crippen LogP contribution is -2.04. The van der Waals surface area contributed by atoms with Crippen LogP contribution in [0.4, 0.5) is 0 Å². The number of fused-ring (bicyclic) bond motifs is 1. The van der Waals surface area contributed by atoms with E-state index in [0.29, 0.717) is 0 Å². The van der Waals surface area contributed by atoms with Crippen LogP contribution in [0.3, 0.4) is 0 Å². The molecule has 1 atom stereocenters. The Balaban J connectivity index is 1.99. The maximum Gasteiger partial charge on any atom is 0.136 e. The summed E-state index contributed by atoms with van der Waals surface area (Å²) in [6.07, 6.45) is 1.78. The minimum Gasteiger partial charge on any atom is -0.457 e. The van der Waals surface area contributed by atoms with Crippen molar-refractivity contribution in [3.63, 3.8) is 0 Å². The van der Waals surface area contributed by atoms with Gasteiger partial charge in [0.05, 0.1) is 5.52 Å². The number of nitrogens with two attached hydrogens (primary N) is 1. The van der Waals surface area contributed by atoms with Crippen molar-refractivity contribution < 1.29 is 4.74 Å². The molecule has 3 rings (SSSR count).